The topological polar surface area (TPSA) is 54.6 Å². The van der Waals surface area contributed by atoms with Crippen molar-refractivity contribution in [3.63, 3.8) is 0 Å². The van der Waals surface area contributed by atoms with Crippen LogP contribution in [0.25, 0.3) is 22.0 Å². The van der Waals surface area contributed by atoms with E-state index in [1.54, 1.807) is 6.21 Å². The molecule has 1 heterocycles. The second-order valence-corrected chi connectivity index (χ2v) is 9.56. The number of carboxylic acid groups (broad SMARTS) is 1. The van der Waals surface area contributed by atoms with Crippen molar-refractivity contribution in [2.45, 2.75) is 38.9 Å². The van der Waals surface area contributed by atoms with Crippen LogP contribution in [-0.2, 0) is 11.0 Å². The normalized spacial score (nSPS) is 13.0. The van der Waals surface area contributed by atoms with E-state index in [1.807, 2.05) is 36.4 Å². The van der Waals surface area contributed by atoms with E-state index >= 15 is 0 Å². The number of carboxylic acids is 1. The molecule has 1 unspecified atom stereocenters. The third kappa shape index (κ3) is 6.47. The minimum absolute atomic E-state index is 0.00628. The van der Waals surface area contributed by atoms with Crippen LogP contribution in [0.3, 0.4) is 0 Å². The van der Waals surface area contributed by atoms with Crippen molar-refractivity contribution in [2.75, 3.05) is 6.54 Å². The van der Waals surface area contributed by atoms with Crippen molar-refractivity contribution in [1.82, 2.24) is 4.57 Å². The predicted octanol–water partition coefficient (Wildman–Crippen LogP) is 7.86. The van der Waals surface area contributed by atoms with Gasteiger partial charge in [-0.05, 0) is 64.9 Å². The molecule has 1 N–H and O–H groups in total. The summed E-state index contributed by atoms with van der Waals surface area (Å²) in [6.07, 6.45) is 0.340. The first kappa shape index (κ1) is 26.2. The summed E-state index contributed by atoms with van der Waals surface area (Å²) in [5.74, 6) is -0.416. The predicted molar refractivity (Wildman–Crippen MR) is 141 cm³/mol. The summed E-state index contributed by atoms with van der Waals surface area (Å²) in [6.45, 7) is 4.62. The number of rotatable bonds is 9. The standard InChI is InChI=1S/C30H29F3N2O2/c1-20(2)17-28(23-5-3-21(4-6-23)19-34-15-13-29(36)37)35-16-14-25-18-24(9-12-27(25)35)22-7-10-26(11-8-22)30(31,32)33/h3-12,14,16,18-20,28H,13,15,17H2,1-2H3,(H,36,37). The van der Waals surface area contributed by atoms with Crippen LogP contribution in [0, 0.1) is 5.92 Å². The van der Waals surface area contributed by atoms with Crippen molar-refractivity contribution in [2.24, 2.45) is 10.9 Å². The number of aromatic nitrogens is 1. The van der Waals surface area contributed by atoms with Crippen LogP contribution in [0.5, 0.6) is 0 Å². The molecule has 0 amide bonds. The molecule has 0 saturated heterocycles. The maximum absolute atomic E-state index is 12.9. The third-order valence-corrected chi connectivity index (χ3v) is 6.31. The Hall–Kier alpha value is -3.87. The molecule has 7 heteroatoms. The van der Waals surface area contributed by atoms with Crippen molar-refractivity contribution in [3.8, 4) is 11.1 Å². The lowest BCUT2D eigenvalue weighted by Gasteiger charge is -2.23. The molecule has 0 aliphatic carbocycles. The van der Waals surface area contributed by atoms with Crippen molar-refractivity contribution in [1.29, 1.82) is 0 Å². The Balaban J connectivity index is 1.60. The zero-order valence-corrected chi connectivity index (χ0v) is 20.7. The molecule has 4 nitrogen and oxygen atoms in total. The highest BCUT2D eigenvalue weighted by molar-refractivity contribution is 5.86. The summed E-state index contributed by atoms with van der Waals surface area (Å²) in [7, 11) is 0. The molecular weight excluding hydrogens is 477 g/mol. The van der Waals surface area contributed by atoms with Crippen molar-refractivity contribution < 1.29 is 23.1 Å². The number of fused-ring (bicyclic) bond motifs is 1. The van der Waals surface area contributed by atoms with Gasteiger partial charge in [0.2, 0.25) is 0 Å². The van der Waals surface area contributed by atoms with Gasteiger partial charge in [0.05, 0.1) is 18.0 Å². The maximum atomic E-state index is 12.9. The van der Waals surface area contributed by atoms with E-state index in [1.165, 1.54) is 12.1 Å². The van der Waals surface area contributed by atoms with Crippen molar-refractivity contribution >= 4 is 23.1 Å². The monoisotopic (exact) mass is 506 g/mol. The Morgan fingerprint density at radius 2 is 1.65 bits per heavy atom. The fourth-order valence-electron chi connectivity index (χ4n) is 4.46. The molecule has 0 bridgehead atoms. The number of carbonyl (C=O) groups is 1. The highest BCUT2D eigenvalue weighted by Gasteiger charge is 2.30. The SMILES string of the molecule is CC(C)CC(c1ccc(C=NCCC(=O)O)cc1)n1ccc2cc(-c3ccc(C(F)(F)F)cc3)ccc21. The molecule has 0 radical (unpaired) electrons. The van der Waals surface area contributed by atoms with Gasteiger partial charge < -0.3 is 9.67 Å². The van der Waals surface area contributed by atoms with E-state index in [2.05, 4.69) is 41.7 Å². The largest absolute Gasteiger partial charge is 0.481 e. The molecule has 0 aliphatic heterocycles. The summed E-state index contributed by atoms with van der Waals surface area (Å²) in [5, 5.41) is 9.76. The Labute approximate surface area is 214 Å². The molecule has 1 atom stereocenters. The Kier molecular flexibility index (Phi) is 7.81. The summed E-state index contributed by atoms with van der Waals surface area (Å²) in [5.41, 5.74) is 4.07. The van der Waals surface area contributed by atoms with Gasteiger partial charge in [0.1, 0.15) is 0 Å². The van der Waals surface area contributed by atoms with Gasteiger partial charge >= 0.3 is 12.1 Å². The molecule has 3 aromatic carbocycles. The molecule has 192 valence electrons. The molecule has 4 rings (SSSR count). The number of hydrogen-bond acceptors (Lipinski definition) is 2. The molecule has 0 fully saturated rings. The average Bonchev–Trinajstić information content (AvgIpc) is 3.28. The van der Waals surface area contributed by atoms with Crippen LogP contribution in [0.15, 0.2) is 84.0 Å². The zero-order chi connectivity index (χ0) is 26.6. The van der Waals surface area contributed by atoms with Gasteiger partial charge in [-0.2, -0.15) is 13.2 Å². The van der Waals surface area contributed by atoms with Gasteiger partial charge in [-0.25, -0.2) is 0 Å². The number of hydrogen-bond donors (Lipinski definition) is 1. The zero-order valence-electron chi connectivity index (χ0n) is 20.7. The summed E-state index contributed by atoms with van der Waals surface area (Å²) in [6, 6.07) is 21.5. The smallest absolute Gasteiger partial charge is 0.416 e. The Morgan fingerprint density at radius 1 is 0.973 bits per heavy atom. The highest BCUT2D eigenvalue weighted by atomic mass is 19.4. The van der Waals surface area contributed by atoms with E-state index in [4.69, 9.17) is 5.11 Å². The van der Waals surface area contributed by atoms with Gasteiger partial charge in [-0.3, -0.25) is 9.79 Å². The lowest BCUT2D eigenvalue weighted by Crippen LogP contribution is -2.12. The third-order valence-electron chi connectivity index (χ3n) is 6.31. The van der Waals surface area contributed by atoms with Crippen LogP contribution >= 0.6 is 0 Å². The number of aliphatic carboxylic acids is 1. The number of benzene rings is 3. The summed E-state index contributed by atoms with van der Waals surface area (Å²) < 4.78 is 41.0. The second-order valence-electron chi connectivity index (χ2n) is 9.56. The molecule has 37 heavy (non-hydrogen) atoms. The molecule has 0 aliphatic rings. The van der Waals surface area contributed by atoms with Gasteiger partial charge in [-0.1, -0.05) is 56.3 Å². The first-order chi connectivity index (χ1) is 17.6. The number of nitrogens with zero attached hydrogens (tertiary/aromatic N) is 2. The van der Waals surface area contributed by atoms with Crippen LogP contribution in [0.4, 0.5) is 13.2 Å². The molecule has 0 saturated carbocycles. The minimum atomic E-state index is -4.35. The van der Waals surface area contributed by atoms with Gasteiger partial charge in [0.15, 0.2) is 0 Å². The molecule has 0 spiro atoms. The number of halogens is 3. The van der Waals surface area contributed by atoms with E-state index in [0.29, 0.717) is 5.92 Å². The summed E-state index contributed by atoms with van der Waals surface area (Å²) >= 11 is 0. The Morgan fingerprint density at radius 3 is 2.27 bits per heavy atom. The molecule has 4 aromatic rings. The highest BCUT2D eigenvalue weighted by Crippen LogP contribution is 2.34. The van der Waals surface area contributed by atoms with E-state index < -0.39 is 17.7 Å². The molecular formula is C30H29F3N2O2. The van der Waals surface area contributed by atoms with Crippen LogP contribution in [0.2, 0.25) is 0 Å². The number of aliphatic imine (C=N–C) groups is 1. The summed E-state index contributed by atoms with van der Waals surface area (Å²) in [4.78, 5) is 14.8. The second kappa shape index (κ2) is 11.0. The first-order valence-corrected chi connectivity index (χ1v) is 12.2. The Bertz CT molecular complexity index is 1390. The first-order valence-electron chi connectivity index (χ1n) is 12.2. The minimum Gasteiger partial charge on any atom is -0.481 e. The fraction of sp³-hybridized carbons (Fsp3) is 0.267. The van der Waals surface area contributed by atoms with Crippen LogP contribution in [0.1, 0.15) is 49.4 Å². The fourth-order valence-corrected chi connectivity index (χ4v) is 4.46. The molecule has 1 aromatic heterocycles. The van der Waals surface area contributed by atoms with E-state index in [9.17, 15) is 18.0 Å². The van der Waals surface area contributed by atoms with Crippen LogP contribution < -0.4 is 0 Å². The van der Waals surface area contributed by atoms with Crippen molar-refractivity contribution in [3.05, 3.63) is 95.7 Å². The van der Waals surface area contributed by atoms with Gasteiger partial charge in [0, 0.05) is 29.9 Å². The quantitative estimate of drug-likeness (QED) is 0.235. The number of alkyl halides is 3. The average molecular weight is 507 g/mol. The maximum Gasteiger partial charge on any atom is 0.416 e. The van der Waals surface area contributed by atoms with Crippen LogP contribution in [-0.4, -0.2) is 28.4 Å². The lowest BCUT2D eigenvalue weighted by atomic mass is 9.95. The van der Waals surface area contributed by atoms with Gasteiger partial charge in [0.25, 0.3) is 0 Å². The van der Waals surface area contributed by atoms with E-state index in [0.717, 1.165) is 51.7 Å². The van der Waals surface area contributed by atoms with Gasteiger partial charge in [-0.15, -0.1) is 0 Å². The lowest BCUT2D eigenvalue weighted by molar-refractivity contribution is -0.138. The van der Waals surface area contributed by atoms with E-state index in [-0.39, 0.29) is 19.0 Å².